The van der Waals surface area contributed by atoms with Crippen molar-refractivity contribution >= 4 is 5.97 Å². The SMILES string of the molecule is COC(=O)c1cc(F)cc(-c2ccc(OC)c(F)c2)c1. The summed E-state index contributed by atoms with van der Waals surface area (Å²) >= 11 is 0. The Bertz CT molecular complexity index is 654. The molecule has 0 radical (unpaired) electrons. The Hall–Kier alpha value is -2.43. The largest absolute Gasteiger partial charge is 0.494 e. The third kappa shape index (κ3) is 2.77. The first-order valence-corrected chi connectivity index (χ1v) is 5.78. The Balaban J connectivity index is 2.49. The van der Waals surface area contributed by atoms with Gasteiger partial charge in [-0.25, -0.2) is 13.6 Å². The Morgan fingerprint density at radius 2 is 1.75 bits per heavy atom. The molecule has 0 bridgehead atoms. The maximum Gasteiger partial charge on any atom is 0.337 e. The van der Waals surface area contributed by atoms with E-state index in [4.69, 9.17) is 4.74 Å². The van der Waals surface area contributed by atoms with Gasteiger partial charge in [-0.05, 0) is 41.5 Å². The number of rotatable bonds is 3. The molecule has 0 unspecified atom stereocenters. The van der Waals surface area contributed by atoms with E-state index in [1.54, 1.807) is 6.07 Å². The Kier molecular flexibility index (Phi) is 3.98. The quantitative estimate of drug-likeness (QED) is 0.807. The predicted molar refractivity (Wildman–Crippen MR) is 69.7 cm³/mol. The minimum absolute atomic E-state index is 0.0683. The summed E-state index contributed by atoms with van der Waals surface area (Å²) in [5.74, 6) is -1.72. The maximum atomic E-state index is 13.7. The molecule has 20 heavy (non-hydrogen) atoms. The van der Waals surface area contributed by atoms with Crippen molar-refractivity contribution in [2.45, 2.75) is 0 Å². The average molecular weight is 278 g/mol. The van der Waals surface area contributed by atoms with Gasteiger partial charge in [-0.15, -0.1) is 0 Å². The second-order valence-electron chi connectivity index (χ2n) is 4.07. The molecule has 0 spiro atoms. The second kappa shape index (κ2) is 5.69. The molecule has 0 amide bonds. The van der Waals surface area contributed by atoms with E-state index in [-0.39, 0.29) is 11.3 Å². The van der Waals surface area contributed by atoms with Gasteiger partial charge in [0.1, 0.15) is 5.82 Å². The van der Waals surface area contributed by atoms with E-state index < -0.39 is 17.6 Å². The van der Waals surface area contributed by atoms with Crippen molar-refractivity contribution in [3.8, 4) is 16.9 Å². The second-order valence-corrected chi connectivity index (χ2v) is 4.07. The minimum atomic E-state index is -0.653. The summed E-state index contributed by atoms with van der Waals surface area (Å²) in [5.41, 5.74) is 0.888. The van der Waals surface area contributed by atoms with Crippen LogP contribution in [0.1, 0.15) is 10.4 Å². The van der Waals surface area contributed by atoms with Crippen molar-refractivity contribution in [2.75, 3.05) is 14.2 Å². The first-order valence-electron chi connectivity index (χ1n) is 5.78. The fourth-order valence-corrected chi connectivity index (χ4v) is 1.84. The summed E-state index contributed by atoms with van der Waals surface area (Å²) in [7, 11) is 2.57. The number of carbonyl (C=O) groups is 1. The lowest BCUT2D eigenvalue weighted by Crippen LogP contribution is -2.02. The standard InChI is InChI=1S/C15H12F2O3/c1-19-14-4-3-9(8-13(14)17)10-5-11(15(18)20-2)7-12(16)6-10/h3-8H,1-2H3. The fraction of sp³-hybridized carbons (Fsp3) is 0.133. The van der Waals surface area contributed by atoms with Gasteiger partial charge >= 0.3 is 5.97 Å². The molecule has 0 saturated heterocycles. The summed E-state index contributed by atoms with van der Waals surface area (Å²) < 4.78 is 36.5. The number of carbonyl (C=O) groups excluding carboxylic acids is 1. The van der Waals surface area contributed by atoms with Crippen molar-refractivity contribution in [3.05, 3.63) is 53.6 Å². The van der Waals surface area contributed by atoms with Crippen LogP contribution in [-0.2, 0) is 4.74 Å². The zero-order valence-corrected chi connectivity index (χ0v) is 10.9. The molecule has 0 saturated carbocycles. The summed E-state index contributed by atoms with van der Waals surface area (Å²) in [6, 6.07) is 7.96. The number of methoxy groups -OCH3 is 2. The lowest BCUT2D eigenvalue weighted by Gasteiger charge is -2.07. The molecule has 104 valence electrons. The van der Waals surface area contributed by atoms with Crippen molar-refractivity contribution in [1.82, 2.24) is 0 Å². The number of hydrogen-bond donors (Lipinski definition) is 0. The zero-order valence-electron chi connectivity index (χ0n) is 10.9. The van der Waals surface area contributed by atoms with Crippen LogP contribution in [0.5, 0.6) is 5.75 Å². The fourth-order valence-electron chi connectivity index (χ4n) is 1.84. The topological polar surface area (TPSA) is 35.5 Å². The van der Waals surface area contributed by atoms with E-state index in [1.807, 2.05) is 0 Å². The molecular weight excluding hydrogens is 266 g/mol. The molecule has 5 heteroatoms. The Labute approximate surface area is 114 Å². The molecule has 0 aliphatic rings. The molecule has 0 atom stereocenters. The maximum absolute atomic E-state index is 13.7. The lowest BCUT2D eigenvalue weighted by atomic mass is 10.0. The first kappa shape index (κ1) is 14.0. The number of benzene rings is 2. The third-order valence-corrected chi connectivity index (χ3v) is 2.80. The molecule has 0 N–H and O–H groups in total. The van der Waals surface area contributed by atoms with Crippen molar-refractivity contribution in [3.63, 3.8) is 0 Å². The number of hydrogen-bond acceptors (Lipinski definition) is 3. The predicted octanol–water partition coefficient (Wildman–Crippen LogP) is 3.43. The van der Waals surface area contributed by atoms with Crippen molar-refractivity contribution in [1.29, 1.82) is 0 Å². The van der Waals surface area contributed by atoms with E-state index in [0.29, 0.717) is 11.1 Å². The summed E-state index contributed by atoms with van der Waals surface area (Å²) in [6.07, 6.45) is 0. The van der Waals surface area contributed by atoms with E-state index in [2.05, 4.69) is 4.74 Å². The van der Waals surface area contributed by atoms with Gasteiger partial charge in [-0.3, -0.25) is 0 Å². The monoisotopic (exact) mass is 278 g/mol. The van der Waals surface area contributed by atoms with E-state index in [1.165, 1.54) is 38.5 Å². The highest BCUT2D eigenvalue weighted by atomic mass is 19.1. The highest BCUT2D eigenvalue weighted by Gasteiger charge is 2.11. The van der Waals surface area contributed by atoms with Crippen LogP contribution in [0.3, 0.4) is 0 Å². The smallest absolute Gasteiger partial charge is 0.337 e. The van der Waals surface area contributed by atoms with Crippen LogP contribution >= 0.6 is 0 Å². The minimum Gasteiger partial charge on any atom is -0.494 e. The van der Waals surface area contributed by atoms with Crippen molar-refractivity contribution < 1.29 is 23.0 Å². The molecule has 2 aromatic rings. The van der Waals surface area contributed by atoms with Crippen LogP contribution in [0.25, 0.3) is 11.1 Å². The Morgan fingerprint density at radius 1 is 1.00 bits per heavy atom. The van der Waals surface area contributed by atoms with Gasteiger partial charge in [-0.2, -0.15) is 0 Å². The zero-order chi connectivity index (χ0) is 14.7. The summed E-state index contributed by atoms with van der Waals surface area (Å²) in [4.78, 5) is 11.4. The van der Waals surface area contributed by atoms with Crippen LogP contribution in [0.4, 0.5) is 8.78 Å². The van der Waals surface area contributed by atoms with Crippen LogP contribution < -0.4 is 4.74 Å². The number of ether oxygens (including phenoxy) is 2. The van der Waals surface area contributed by atoms with E-state index >= 15 is 0 Å². The highest BCUT2D eigenvalue weighted by molar-refractivity contribution is 5.91. The molecule has 2 aromatic carbocycles. The van der Waals surface area contributed by atoms with Crippen molar-refractivity contribution in [2.24, 2.45) is 0 Å². The summed E-state index contributed by atoms with van der Waals surface area (Å²) in [6.45, 7) is 0. The van der Waals surface area contributed by atoms with Gasteiger partial charge in [0.15, 0.2) is 11.6 Å². The van der Waals surface area contributed by atoms with Gasteiger partial charge in [0.25, 0.3) is 0 Å². The van der Waals surface area contributed by atoms with Crippen LogP contribution in [0.15, 0.2) is 36.4 Å². The molecule has 0 aliphatic heterocycles. The average Bonchev–Trinajstić information content (AvgIpc) is 2.45. The first-order chi connectivity index (χ1) is 9.55. The molecule has 0 fully saturated rings. The number of esters is 1. The van der Waals surface area contributed by atoms with E-state index in [0.717, 1.165) is 6.07 Å². The molecule has 0 aromatic heterocycles. The van der Waals surface area contributed by atoms with Crippen LogP contribution in [0, 0.1) is 11.6 Å². The molecule has 2 rings (SSSR count). The third-order valence-electron chi connectivity index (χ3n) is 2.80. The molecular formula is C15H12F2O3. The number of halogens is 2. The van der Waals surface area contributed by atoms with Gasteiger partial charge in [0, 0.05) is 0 Å². The molecule has 0 heterocycles. The molecule has 0 aliphatic carbocycles. The highest BCUT2D eigenvalue weighted by Crippen LogP contribution is 2.27. The van der Waals surface area contributed by atoms with E-state index in [9.17, 15) is 13.6 Å². The summed E-state index contributed by atoms with van der Waals surface area (Å²) in [5, 5.41) is 0. The van der Waals surface area contributed by atoms with Gasteiger partial charge in [0.05, 0.1) is 19.8 Å². The normalized spacial score (nSPS) is 10.2. The van der Waals surface area contributed by atoms with Crippen LogP contribution in [-0.4, -0.2) is 20.2 Å². The van der Waals surface area contributed by atoms with Gasteiger partial charge in [0.2, 0.25) is 0 Å². The van der Waals surface area contributed by atoms with Gasteiger partial charge < -0.3 is 9.47 Å². The lowest BCUT2D eigenvalue weighted by molar-refractivity contribution is 0.0600. The Morgan fingerprint density at radius 3 is 2.35 bits per heavy atom. The van der Waals surface area contributed by atoms with Crippen LogP contribution in [0.2, 0.25) is 0 Å². The van der Waals surface area contributed by atoms with Gasteiger partial charge in [-0.1, -0.05) is 6.07 Å². The molecule has 3 nitrogen and oxygen atoms in total.